The summed E-state index contributed by atoms with van der Waals surface area (Å²) in [5, 5.41) is 0. The lowest BCUT2D eigenvalue weighted by Gasteiger charge is -2.34. The maximum Gasteiger partial charge on any atom is 0.257 e. The third kappa shape index (κ3) is 4.49. The Bertz CT molecular complexity index is 769. The quantitative estimate of drug-likeness (QED) is 0.826. The van der Waals surface area contributed by atoms with Gasteiger partial charge in [0.15, 0.2) is 0 Å². The first-order chi connectivity index (χ1) is 12.7. The van der Waals surface area contributed by atoms with Crippen LogP contribution in [0.1, 0.15) is 15.9 Å². The summed E-state index contributed by atoms with van der Waals surface area (Å²) < 4.78 is 18.7. The normalized spacial score (nSPS) is 15.4. The van der Waals surface area contributed by atoms with Crippen LogP contribution < -0.4 is 4.74 Å². The fourth-order valence-corrected chi connectivity index (χ4v) is 3.05. The van der Waals surface area contributed by atoms with E-state index in [1.807, 2.05) is 18.2 Å². The van der Waals surface area contributed by atoms with Gasteiger partial charge in [-0.15, -0.1) is 0 Å². The van der Waals surface area contributed by atoms with Crippen molar-refractivity contribution in [1.82, 2.24) is 9.80 Å². The minimum Gasteiger partial charge on any atom is -0.496 e. The van der Waals surface area contributed by atoms with Gasteiger partial charge >= 0.3 is 0 Å². The lowest BCUT2D eigenvalue weighted by Crippen LogP contribution is -2.48. The van der Waals surface area contributed by atoms with Crippen molar-refractivity contribution in [2.75, 3.05) is 39.8 Å². The molecule has 0 bridgehead atoms. The summed E-state index contributed by atoms with van der Waals surface area (Å²) in [6, 6.07) is 14.2. The molecule has 0 saturated carbocycles. The van der Waals surface area contributed by atoms with Gasteiger partial charge in [0.25, 0.3) is 5.91 Å². The van der Waals surface area contributed by atoms with Gasteiger partial charge in [0.1, 0.15) is 11.6 Å². The molecule has 2 aromatic rings. The van der Waals surface area contributed by atoms with Gasteiger partial charge in [-0.25, -0.2) is 4.39 Å². The van der Waals surface area contributed by atoms with E-state index in [1.165, 1.54) is 30.9 Å². The standard InChI is InChI=1S/C21H23FN2O2/c1-26-20-10-9-18(22)16-19(20)21(25)24-14-12-23(13-15-24)11-5-8-17-6-3-2-4-7-17/h2-10,16H,11-15H2,1H3/b8-5+. The van der Waals surface area contributed by atoms with E-state index in [1.54, 1.807) is 4.90 Å². The van der Waals surface area contributed by atoms with Crippen molar-refractivity contribution in [2.24, 2.45) is 0 Å². The molecule has 1 fully saturated rings. The molecule has 0 radical (unpaired) electrons. The Hall–Kier alpha value is -2.66. The summed E-state index contributed by atoms with van der Waals surface area (Å²) in [7, 11) is 1.49. The number of methoxy groups -OCH3 is 1. The summed E-state index contributed by atoms with van der Waals surface area (Å²) in [4.78, 5) is 16.7. The Kier molecular flexibility index (Phi) is 6.02. The smallest absolute Gasteiger partial charge is 0.257 e. The van der Waals surface area contributed by atoms with Crippen molar-refractivity contribution in [1.29, 1.82) is 0 Å². The topological polar surface area (TPSA) is 32.8 Å². The number of carbonyl (C=O) groups excluding carboxylic acids is 1. The van der Waals surface area contributed by atoms with E-state index in [9.17, 15) is 9.18 Å². The lowest BCUT2D eigenvalue weighted by atomic mass is 10.1. The zero-order valence-corrected chi connectivity index (χ0v) is 14.9. The number of ether oxygens (including phenoxy) is 1. The molecule has 2 aromatic carbocycles. The van der Waals surface area contributed by atoms with E-state index < -0.39 is 5.82 Å². The van der Waals surface area contributed by atoms with Crippen molar-refractivity contribution >= 4 is 12.0 Å². The Morgan fingerprint density at radius 1 is 1.12 bits per heavy atom. The number of rotatable bonds is 5. The first-order valence-electron chi connectivity index (χ1n) is 8.74. The van der Waals surface area contributed by atoms with Crippen LogP contribution >= 0.6 is 0 Å². The molecule has 3 rings (SSSR count). The lowest BCUT2D eigenvalue weighted by molar-refractivity contribution is 0.0646. The molecule has 1 amide bonds. The van der Waals surface area contributed by atoms with Crippen molar-refractivity contribution in [2.45, 2.75) is 0 Å². The highest BCUT2D eigenvalue weighted by atomic mass is 19.1. The number of hydrogen-bond donors (Lipinski definition) is 0. The summed E-state index contributed by atoms with van der Waals surface area (Å²) >= 11 is 0. The molecule has 1 aliphatic heterocycles. The van der Waals surface area contributed by atoms with Crippen LogP contribution in [0.2, 0.25) is 0 Å². The third-order valence-corrected chi connectivity index (χ3v) is 4.52. The molecule has 0 spiro atoms. The van der Waals surface area contributed by atoms with Gasteiger partial charge in [-0.05, 0) is 23.8 Å². The van der Waals surface area contributed by atoms with Crippen molar-refractivity contribution in [3.8, 4) is 5.75 Å². The van der Waals surface area contributed by atoms with E-state index in [0.717, 1.165) is 19.6 Å². The number of carbonyl (C=O) groups is 1. The highest BCUT2D eigenvalue weighted by Crippen LogP contribution is 2.21. The largest absolute Gasteiger partial charge is 0.496 e. The van der Waals surface area contributed by atoms with Gasteiger partial charge in [-0.1, -0.05) is 42.5 Å². The Morgan fingerprint density at radius 3 is 2.54 bits per heavy atom. The molecule has 0 unspecified atom stereocenters. The van der Waals surface area contributed by atoms with Crippen molar-refractivity contribution in [3.05, 3.63) is 71.6 Å². The number of nitrogens with zero attached hydrogens (tertiary/aromatic N) is 2. The molecule has 1 saturated heterocycles. The SMILES string of the molecule is COc1ccc(F)cc1C(=O)N1CCN(C/C=C/c2ccccc2)CC1. The Balaban J connectivity index is 1.54. The maximum atomic E-state index is 13.5. The Morgan fingerprint density at radius 2 is 1.85 bits per heavy atom. The highest BCUT2D eigenvalue weighted by molar-refractivity contribution is 5.97. The first kappa shape index (κ1) is 18.1. The molecule has 136 valence electrons. The number of benzene rings is 2. The molecule has 5 heteroatoms. The van der Waals surface area contributed by atoms with Gasteiger partial charge in [-0.2, -0.15) is 0 Å². The van der Waals surface area contributed by atoms with Crippen LogP contribution in [-0.2, 0) is 0 Å². The van der Waals surface area contributed by atoms with Crippen LogP contribution in [0.3, 0.4) is 0 Å². The fourth-order valence-electron chi connectivity index (χ4n) is 3.05. The number of hydrogen-bond acceptors (Lipinski definition) is 3. The van der Waals surface area contributed by atoms with Gasteiger partial charge in [0.2, 0.25) is 0 Å². The molecule has 0 N–H and O–H groups in total. The average Bonchev–Trinajstić information content (AvgIpc) is 2.69. The van der Waals surface area contributed by atoms with Crippen LogP contribution in [0.5, 0.6) is 5.75 Å². The van der Waals surface area contributed by atoms with Crippen LogP contribution in [0.15, 0.2) is 54.6 Å². The van der Waals surface area contributed by atoms with Crippen LogP contribution in [-0.4, -0.2) is 55.5 Å². The molecule has 0 aromatic heterocycles. The second-order valence-electron chi connectivity index (χ2n) is 6.25. The predicted molar refractivity (Wildman–Crippen MR) is 101 cm³/mol. The Labute approximate surface area is 153 Å². The number of piperazine rings is 1. The summed E-state index contributed by atoms with van der Waals surface area (Å²) in [5.41, 5.74) is 1.46. The monoisotopic (exact) mass is 354 g/mol. The summed E-state index contributed by atoms with van der Waals surface area (Å²) in [5.74, 6) is -0.204. The first-order valence-corrected chi connectivity index (χ1v) is 8.74. The maximum absolute atomic E-state index is 13.5. The van der Waals surface area contributed by atoms with Crippen LogP contribution in [0.4, 0.5) is 4.39 Å². The summed E-state index contributed by atoms with van der Waals surface area (Å²) in [6.45, 7) is 3.68. The third-order valence-electron chi connectivity index (χ3n) is 4.52. The van der Waals surface area contributed by atoms with Crippen molar-refractivity contribution in [3.63, 3.8) is 0 Å². The molecule has 0 atom stereocenters. The van der Waals surface area contributed by atoms with Gasteiger partial charge < -0.3 is 9.64 Å². The fraction of sp³-hybridized carbons (Fsp3) is 0.286. The summed E-state index contributed by atoms with van der Waals surface area (Å²) in [6.07, 6.45) is 4.25. The molecular formula is C21H23FN2O2. The highest BCUT2D eigenvalue weighted by Gasteiger charge is 2.24. The zero-order chi connectivity index (χ0) is 18.4. The number of halogens is 1. The minimum atomic E-state index is -0.432. The second kappa shape index (κ2) is 8.63. The molecule has 1 aliphatic rings. The molecular weight excluding hydrogens is 331 g/mol. The van der Waals surface area contributed by atoms with Crippen LogP contribution in [0.25, 0.3) is 6.08 Å². The van der Waals surface area contributed by atoms with E-state index in [0.29, 0.717) is 18.8 Å². The van der Waals surface area contributed by atoms with E-state index in [4.69, 9.17) is 4.74 Å². The van der Waals surface area contributed by atoms with Gasteiger partial charge in [0.05, 0.1) is 12.7 Å². The van der Waals surface area contributed by atoms with E-state index in [-0.39, 0.29) is 11.5 Å². The van der Waals surface area contributed by atoms with Crippen molar-refractivity contribution < 1.29 is 13.9 Å². The molecule has 1 heterocycles. The van der Waals surface area contributed by atoms with Gasteiger partial charge in [-0.3, -0.25) is 9.69 Å². The zero-order valence-electron chi connectivity index (χ0n) is 14.9. The molecule has 4 nitrogen and oxygen atoms in total. The average molecular weight is 354 g/mol. The minimum absolute atomic E-state index is 0.180. The van der Waals surface area contributed by atoms with E-state index in [2.05, 4.69) is 29.2 Å². The predicted octanol–water partition coefficient (Wildman–Crippen LogP) is 3.31. The van der Waals surface area contributed by atoms with Crippen LogP contribution in [0, 0.1) is 5.82 Å². The number of amides is 1. The van der Waals surface area contributed by atoms with Gasteiger partial charge in [0, 0.05) is 32.7 Å². The second-order valence-corrected chi connectivity index (χ2v) is 6.25. The molecule has 0 aliphatic carbocycles. The molecule has 26 heavy (non-hydrogen) atoms. The van der Waals surface area contributed by atoms with E-state index >= 15 is 0 Å².